The van der Waals surface area contributed by atoms with Crippen LogP contribution in [0.4, 0.5) is 0 Å². The van der Waals surface area contributed by atoms with Gasteiger partial charge in [-0.1, -0.05) is 51.1 Å². The summed E-state index contributed by atoms with van der Waals surface area (Å²) < 4.78 is 15.9. The average molecular weight is 445 g/mol. The standard InChI is InChI=1S/C21H36O8Si/c1-20(2,3)30(5,6)29-14-21(26,19(25)27-4)18(24)17(23)16(22)13-28-12-15-10-8-7-9-11-15/h7-11,16-18,22-24,26H,12-14H2,1-6H3/t16-,17+,18+,21-/m0/s1. The maximum absolute atomic E-state index is 12.2. The third-order valence-corrected chi connectivity index (χ3v) is 10.1. The number of rotatable bonds is 11. The number of carbonyl (C=O) groups is 1. The normalized spacial score (nSPS) is 17.7. The van der Waals surface area contributed by atoms with Crippen molar-refractivity contribution < 1.29 is 39.1 Å². The molecule has 30 heavy (non-hydrogen) atoms. The van der Waals surface area contributed by atoms with E-state index in [9.17, 15) is 25.2 Å². The highest BCUT2D eigenvalue weighted by Gasteiger charge is 2.51. The van der Waals surface area contributed by atoms with E-state index >= 15 is 0 Å². The first-order chi connectivity index (χ1) is 13.8. The van der Waals surface area contributed by atoms with Crippen molar-refractivity contribution in [3.8, 4) is 0 Å². The summed E-state index contributed by atoms with van der Waals surface area (Å²) >= 11 is 0. The van der Waals surface area contributed by atoms with E-state index in [0.717, 1.165) is 12.7 Å². The summed E-state index contributed by atoms with van der Waals surface area (Å²) in [5.74, 6) is -1.16. The summed E-state index contributed by atoms with van der Waals surface area (Å²) in [7, 11) is -1.33. The molecule has 0 bridgehead atoms. The third-order valence-electron chi connectivity index (χ3n) is 5.61. The second-order valence-corrected chi connectivity index (χ2v) is 13.8. The van der Waals surface area contributed by atoms with Crippen LogP contribution < -0.4 is 0 Å². The number of benzene rings is 1. The van der Waals surface area contributed by atoms with Crippen molar-refractivity contribution in [3.63, 3.8) is 0 Å². The Kier molecular flexibility index (Phi) is 9.62. The Morgan fingerprint density at radius 1 is 1.10 bits per heavy atom. The second-order valence-electron chi connectivity index (χ2n) is 8.97. The van der Waals surface area contributed by atoms with Crippen LogP contribution >= 0.6 is 0 Å². The van der Waals surface area contributed by atoms with Crippen molar-refractivity contribution in [1.82, 2.24) is 0 Å². The van der Waals surface area contributed by atoms with Crippen LogP contribution in [0.3, 0.4) is 0 Å². The van der Waals surface area contributed by atoms with Crippen LogP contribution in [0.2, 0.25) is 18.1 Å². The van der Waals surface area contributed by atoms with Crippen LogP contribution in [-0.4, -0.2) is 78.9 Å². The van der Waals surface area contributed by atoms with Crippen molar-refractivity contribution >= 4 is 14.3 Å². The lowest BCUT2D eigenvalue weighted by atomic mass is 9.91. The quantitative estimate of drug-likeness (QED) is 0.296. The molecular weight excluding hydrogens is 408 g/mol. The average Bonchev–Trinajstić information content (AvgIpc) is 2.70. The molecule has 0 aromatic heterocycles. The largest absolute Gasteiger partial charge is 0.467 e. The van der Waals surface area contributed by atoms with E-state index in [-0.39, 0.29) is 18.3 Å². The van der Waals surface area contributed by atoms with E-state index in [1.165, 1.54) is 0 Å². The summed E-state index contributed by atoms with van der Waals surface area (Å²) in [6, 6.07) is 9.22. The molecule has 0 unspecified atom stereocenters. The van der Waals surface area contributed by atoms with E-state index in [2.05, 4.69) is 4.74 Å². The van der Waals surface area contributed by atoms with Gasteiger partial charge in [-0.25, -0.2) is 4.79 Å². The number of methoxy groups -OCH3 is 1. The van der Waals surface area contributed by atoms with Gasteiger partial charge in [-0.05, 0) is 23.7 Å². The molecule has 0 aliphatic rings. The molecular formula is C21H36O8Si. The van der Waals surface area contributed by atoms with Crippen molar-refractivity contribution in [2.45, 2.75) is 69.4 Å². The first-order valence-corrected chi connectivity index (χ1v) is 12.8. The van der Waals surface area contributed by atoms with Gasteiger partial charge in [0.15, 0.2) is 8.32 Å². The lowest BCUT2D eigenvalue weighted by Gasteiger charge is -2.40. The molecule has 0 spiro atoms. The number of carbonyl (C=O) groups excluding carboxylic acids is 1. The maximum atomic E-state index is 12.2. The fourth-order valence-corrected chi connectivity index (χ4v) is 3.43. The first kappa shape index (κ1) is 26.7. The Balaban J connectivity index is 2.82. The molecule has 4 atom stereocenters. The van der Waals surface area contributed by atoms with E-state index in [1.54, 1.807) is 0 Å². The minimum atomic E-state index is -2.55. The van der Waals surface area contributed by atoms with Crippen LogP contribution in [0.25, 0.3) is 0 Å². The number of ether oxygens (including phenoxy) is 2. The zero-order chi connectivity index (χ0) is 23.2. The van der Waals surface area contributed by atoms with Crippen LogP contribution in [0.1, 0.15) is 26.3 Å². The predicted molar refractivity (Wildman–Crippen MR) is 114 cm³/mol. The molecule has 0 fully saturated rings. The molecule has 0 saturated carbocycles. The minimum absolute atomic E-state index is 0.191. The van der Waals surface area contributed by atoms with Gasteiger partial charge in [0.25, 0.3) is 0 Å². The second kappa shape index (κ2) is 10.8. The van der Waals surface area contributed by atoms with Crippen LogP contribution in [0.15, 0.2) is 30.3 Å². The number of hydrogen-bond donors (Lipinski definition) is 4. The fourth-order valence-electron chi connectivity index (χ4n) is 2.41. The van der Waals surface area contributed by atoms with Crippen molar-refractivity contribution in [2.24, 2.45) is 0 Å². The van der Waals surface area contributed by atoms with E-state index < -0.39 is 44.8 Å². The van der Waals surface area contributed by atoms with Crippen molar-refractivity contribution in [1.29, 1.82) is 0 Å². The Morgan fingerprint density at radius 3 is 2.17 bits per heavy atom. The molecule has 0 amide bonds. The SMILES string of the molecule is COC(=O)[C@](O)(CO[Si](C)(C)C(C)(C)C)[C@H](O)[C@H](O)[C@@H](O)COCc1ccccc1. The summed E-state index contributed by atoms with van der Waals surface area (Å²) in [6.45, 7) is 9.08. The molecule has 8 nitrogen and oxygen atoms in total. The predicted octanol–water partition coefficient (Wildman–Crippen LogP) is 1.21. The van der Waals surface area contributed by atoms with E-state index in [1.807, 2.05) is 64.2 Å². The third kappa shape index (κ3) is 6.84. The van der Waals surface area contributed by atoms with Gasteiger partial charge in [0.05, 0.1) is 26.9 Å². The zero-order valence-electron chi connectivity index (χ0n) is 18.7. The molecule has 172 valence electrons. The highest BCUT2D eigenvalue weighted by Crippen LogP contribution is 2.37. The fraction of sp³-hybridized carbons (Fsp3) is 0.667. The van der Waals surface area contributed by atoms with Gasteiger partial charge in [0, 0.05) is 0 Å². The van der Waals surface area contributed by atoms with E-state index in [0.29, 0.717) is 0 Å². The lowest BCUT2D eigenvalue weighted by Crippen LogP contribution is -2.62. The minimum Gasteiger partial charge on any atom is -0.467 e. The molecule has 0 aliphatic carbocycles. The smallest absolute Gasteiger partial charge is 0.343 e. The number of aliphatic hydroxyl groups is 4. The molecule has 4 N–H and O–H groups in total. The van der Waals surface area contributed by atoms with Crippen LogP contribution in [0, 0.1) is 0 Å². The van der Waals surface area contributed by atoms with Crippen LogP contribution in [-0.2, 0) is 25.3 Å². The van der Waals surface area contributed by atoms with Gasteiger partial charge in [-0.2, -0.15) is 0 Å². The van der Waals surface area contributed by atoms with Crippen molar-refractivity contribution in [3.05, 3.63) is 35.9 Å². The summed E-state index contributed by atoms with van der Waals surface area (Å²) in [6.07, 6.45) is -5.47. The Labute approximate surface area is 179 Å². The molecule has 9 heteroatoms. The van der Waals surface area contributed by atoms with Gasteiger partial charge >= 0.3 is 5.97 Å². The summed E-state index contributed by atoms with van der Waals surface area (Å²) in [5.41, 5.74) is -1.68. The highest BCUT2D eigenvalue weighted by molar-refractivity contribution is 6.74. The highest BCUT2D eigenvalue weighted by atomic mass is 28.4. The van der Waals surface area contributed by atoms with Gasteiger partial charge in [0.2, 0.25) is 5.60 Å². The Hall–Kier alpha value is -1.33. The molecule has 1 aromatic rings. The van der Waals surface area contributed by atoms with Gasteiger partial charge in [-0.15, -0.1) is 0 Å². The van der Waals surface area contributed by atoms with Crippen LogP contribution in [0.5, 0.6) is 0 Å². The molecule has 0 radical (unpaired) electrons. The number of aliphatic hydroxyl groups excluding tert-OH is 3. The molecule has 0 aliphatic heterocycles. The topological polar surface area (TPSA) is 126 Å². The lowest BCUT2D eigenvalue weighted by molar-refractivity contribution is -0.201. The summed E-state index contributed by atoms with van der Waals surface area (Å²) in [5, 5.41) is 41.8. The van der Waals surface area contributed by atoms with Crippen molar-refractivity contribution in [2.75, 3.05) is 20.3 Å². The summed E-state index contributed by atoms with van der Waals surface area (Å²) in [4.78, 5) is 12.2. The Bertz CT molecular complexity index is 661. The molecule has 0 saturated heterocycles. The molecule has 1 rings (SSSR count). The van der Waals surface area contributed by atoms with Gasteiger partial charge in [-0.3, -0.25) is 0 Å². The molecule has 1 aromatic carbocycles. The molecule has 0 heterocycles. The first-order valence-electron chi connectivity index (χ1n) is 9.87. The zero-order valence-corrected chi connectivity index (χ0v) is 19.7. The number of hydrogen-bond acceptors (Lipinski definition) is 8. The van der Waals surface area contributed by atoms with Gasteiger partial charge in [0.1, 0.15) is 18.3 Å². The van der Waals surface area contributed by atoms with Gasteiger partial charge < -0.3 is 34.3 Å². The maximum Gasteiger partial charge on any atom is 0.343 e. The Morgan fingerprint density at radius 2 is 1.67 bits per heavy atom. The van der Waals surface area contributed by atoms with E-state index in [4.69, 9.17) is 9.16 Å². The monoisotopic (exact) mass is 444 g/mol. The number of esters is 1.